The van der Waals surface area contributed by atoms with Crippen molar-refractivity contribution < 1.29 is 9.53 Å². The molecule has 2 rings (SSSR count). The van der Waals surface area contributed by atoms with Crippen molar-refractivity contribution >= 4 is 23.0 Å². The molecule has 0 aliphatic heterocycles. The number of aromatic amines is 1. The molecule has 1 aromatic carbocycles. The normalized spacial score (nSPS) is 9.24. The minimum atomic E-state index is -0.381. The van der Waals surface area contributed by atoms with Crippen LogP contribution in [-0.2, 0) is 4.79 Å². The third-order valence-corrected chi connectivity index (χ3v) is 2.62. The Labute approximate surface area is 122 Å². The maximum absolute atomic E-state index is 12.0. The Hall–Kier alpha value is -2.81. The molecule has 0 saturated heterocycles. The van der Waals surface area contributed by atoms with Crippen LogP contribution in [0.15, 0.2) is 23.1 Å². The molecule has 0 bridgehead atoms. The molecular formula is C15H17N3O3. The molecule has 1 aromatic heterocycles. The highest BCUT2D eigenvalue weighted by molar-refractivity contribution is 5.89. The monoisotopic (exact) mass is 287 g/mol. The van der Waals surface area contributed by atoms with E-state index in [4.69, 9.17) is 10.00 Å². The first kappa shape index (κ1) is 16.2. The van der Waals surface area contributed by atoms with Crippen LogP contribution in [-0.4, -0.2) is 18.0 Å². The zero-order chi connectivity index (χ0) is 15.8. The molecule has 6 nitrogen and oxygen atoms in total. The van der Waals surface area contributed by atoms with Crippen molar-refractivity contribution in [3.05, 3.63) is 34.1 Å². The number of carbonyl (C=O) groups excluding carboxylic acids is 1. The summed E-state index contributed by atoms with van der Waals surface area (Å²) in [6.45, 7) is 6.25. The van der Waals surface area contributed by atoms with E-state index in [2.05, 4.69) is 10.3 Å². The summed E-state index contributed by atoms with van der Waals surface area (Å²) >= 11 is 0. The number of nitrogens with zero attached hydrogens (tertiary/aromatic N) is 1. The van der Waals surface area contributed by atoms with Crippen molar-refractivity contribution in [3.63, 3.8) is 0 Å². The van der Waals surface area contributed by atoms with Gasteiger partial charge in [0.1, 0.15) is 17.4 Å². The number of ether oxygens (including phenoxy) is 1. The van der Waals surface area contributed by atoms with Crippen molar-refractivity contribution in [2.75, 3.05) is 11.9 Å². The highest BCUT2D eigenvalue weighted by atomic mass is 16.5. The van der Waals surface area contributed by atoms with Crippen LogP contribution in [0.1, 0.15) is 26.3 Å². The predicted octanol–water partition coefficient (Wildman–Crippen LogP) is 2.39. The number of nitriles is 1. The summed E-state index contributed by atoms with van der Waals surface area (Å²) in [4.78, 5) is 25.4. The second-order valence-electron chi connectivity index (χ2n) is 3.73. The summed E-state index contributed by atoms with van der Waals surface area (Å²) in [7, 11) is 0. The highest BCUT2D eigenvalue weighted by Crippen LogP contribution is 2.28. The summed E-state index contributed by atoms with van der Waals surface area (Å²) in [5.74, 6) is 0.461. The molecule has 0 aliphatic carbocycles. The molecule has 0 spiro atoms. The average Bonchev–Trinajstić information content (AvgIpc) is 2.51. The summed E-state index contributed by atoms with van der Waals surface area (Å²) in [5, 5.41) is 11.6. The van der Waals surface area contributed by atoms with E-state index >= 15 is 0 Å². The van der Waals surface area contributed by atoms with Crippen molar-refractivity contribution in [1.29, 1.82) is 5.26 Å². The van der Waals surface area contributed by atoms with Gasteiger partial charge < -0.3 is 15.0 Å². The number of anilines is 1. The Morgan fingerprint density at radius 3 is 2.71 bits per heavy atom. The average molecular weight is 287 g/mol. The number of aromatic nitrogens is 1. The largest absolute Gasteiger partial charge is 0.492 e. The number of rotatable bonds is 4. The minimum absolute atomic E-state index is 0.0220. The molecular weight excluding hydrogens is 270 g/mol. The fraction of sp³-hybridized carbons (Fsp3) is 0.267. The predicted molar refractivity (Wildman–Crippen MR) is 81.5 cm³/mol. The van der Waals surface area contributed by atoms with E-state index in [0.29, 0.717) is 35.4 Å². The SMILES string of the molecule is CC.CCOc1cc2[nH]cc(C#N)c(=O)c2cc1NC=O. The molecule has 110 valence electrons. The van der Waals surface area contributed by atoms with Gasteiger partial charge in [-0.25, -0.2) is 0 Å². The molecule has 0 saturated carbocycles. The van der Waals surface area contributed by atoms with Crippen molar-refractivity contribution in [3.8, 4) is 11.8 Å². The molecule has 6 heteroatoms. The Morgan fingerprint density at radius 1 is 1.43 bits per heavy atom. The van der Waals surface area contributed by atoms with Crippen LogP contribution in [0.25, 0.3) is 10.9 Å². The zero-order valence-electron chi connectivity index (χ0n) is 12.2. The van der Waals surface area contributed by atoms with Gasteiger partial charge in [0.05, 0.1) is 17.8 Å². The number of H-pyrrole nitrogens is 1. The molecule has 0 unspecified atom stereocenters. The van der Waals surface area contributed by atoms with Crippen LogP contribution in [0.2, 0.25) is 0 Å². The summed E-state index contributed by atoms with van der Waals surface area (Å²) < 4.78 is 5.39. The summed E-state index contributed by atoms with van der Waals surface area (Å²) in [6.07, 6.45) is 1.86. The van der Waals surface area contributed by atoms with E-state index in [9.17, 15) is 9.59 Å². The van der Waals surface area contributed by atoms with Gasteiger partial charge >= 0.3 is 0 Å². The van der Waals surface area contributed by atoms with E-state index < -0.39 is 0 Å². The van der Waals surface area contributed by atoms with Crippen LogP contribution in [0.3, 0.4) is 0 Å². The summed E-state index contributed by atoms with van der Waals surface area (Å²) in [6, 6.07) is 4.93. The number of carbonyl (C=O) groups is 1. The van der Waals surface area contributed by atoms with Gasteiger partial charge in [0.2, 0.25) is 11.8 Å². The fourth-order valence-corrected chi connectivity index (χ4v) is 1.78. The number of pyridine rings is 1. The number of nitrogens with one attached hydrogen (secondary N) is 2. The Morgan fingerprint density at radius 2 is 2.14 bits per heavy atom. The van der Waals surface area contributed by atoms with Gasteiger partial charge in [0.25, 0.3) is 0 Å². The van der Waals surface area contributed by atoms with E-state index in [-0.39, 0.29) is 11.0 Å². The minimum Gasteiger partial charge on any atom is -0.492 e. The lowest BCUT2D eigenvalue weighted by Gasteiger charge is -2.10. The van der Waals surface area contributed by atoms with Crippen LogP contribution >= 0.6 is 0 Å². The zero-order valence-corrected chi connectivity index (χ0v) is 12.2. The topological polar surface area (TPSA) is 95.0 Å². The first-order valence-electron chi connectivity index (χ1n) is 6.63. The van der Waals surface area contributed by atoms with E-state index in [1.54, 1.807) is 6.07 Å². The van der Waals surface area contributed by atoms with Gasteiger partial charge in [-0.05, 0) is 13.0 Å². The lowest BCUT2D eigenvalue weighted by molar-refractivity contribution is -0.105. The lowest BCUT2D eigenvalue weighted by atomic mass is 10.1. The molecule has 2 N–H and O–H groups in total. The molecule has 0 atom stereocenters. The van der Waals surface area contributed by atoms with Gasteiger partial charge in [0, 0.05) is 17.6 Å². The first-order valence-corrected chi connectivity index (χ1v) is 6.63. The molecule has 1 heterocycles. The molecule has 1 amide bonds. The van der Waals surface area contributed by atoms with E-state index in [1.165, 1.54) is 12.3 Å². The first-order chi connectivity index (χ1) is 10.2. The number of hydrogen-bond acceptors (Lipinski definition) is 4. The van der Waals surface area contributed by atoms with Gasteiger partial charge in [0.15, 0.2) is 0 Å². The highest BCUT2D eigenvalue weighted by Gasteiger charge is 2.10. The third kappa shape index (κ3) is 3.39. The van der Waals surface area contributed by atoms with Crippen LogP contribution in [0.5, 0.6) is 5.75 Å². The summed E-state index contributed by atoms with van der Waals surface area (Å²) in [5.41, 5.74) is 0.579. The van der Waals surface area contributed by atoms with Crippen molar-refractivity contribution in [1.82, 2.24) is 4.98 Å². The van der Waals surface area contributed by atoms with Gasteiger partial charge in [-0.15, -0.1) is 0 Å². The lowest BCUT2D eigenvalue weighted by Crippen LogP contribution is -2.09. The maximum atomic E-state index is 12.0. The second kappa shape index (κ2) is 7.70. The molecule has 0 radical (unpaired) electrons. The number of benzene rings is 1. The van der Waals surface area contributed by atoms with Crippen LogP contribution < -0.4 is 15.5 Å². The number of fused-ring (bicyclic) bond motifs is 1. The van der Waals surface area contributed by atoms with Crippen molar-refractivity contribution in [2.45, 2.75) is 20.8 Å². The van der Waals surface area contributed by atoms with Gasteiger partial charge in [-0.3, -0.25) is 9.59 Å². The van der Waals surface area contributed by atoms with Crippen LogP contribution in [0, 0.1) is 11.3 Å². The second-order valence-corrected chi connectivity index (χ2v) is 3.73. The van der Waals surface area contributed by atoms with E-state index in [0.717, 1.165) is 0 Å². The standard InChI is InChI=1S/C13H11N3O3.C2H6/c1-2-19-12-4-10-9(3-11(12)16-7-17)13(18)8(5-14)6-15-10;1-2/h3-4,6-7H,2H2,1H3,(H,15,18)(H,16,17);1-2H3. The van der Waals surface area contributed by atoms with E-state index in [1.807, 2.05) is 26.8 Å². The van der Waals surface area contributed by atoms with Crippen LogP contribution in [0.4, 0.5) is 5.69 Å². The Balaban J connectivity index is 0.00000106. The molecule has 0 aliphatic rings. The third-order valence-electron chi connectivity index (χ3n) is 2.62. The molecule has 2 aromatic rings. The quantitative estimate of drug-likeness (QED) is 0.844. The molecule has 0 fully saturated rings. The molecule has 21 heavy (non-hydrogen) atoms. The van der Waals surface area contributed by atoms with Crippen molar-refractivity contribution in [2.24, 2.45) is 0 Å². The Bertz CT molecular complexity index is 729. The fourth-order valence-electron chi connectivity index (χ4n) is 1.78. The van der Waals surface area contributed by atoms with Gasteiger partial charge in [-0.1, -0.05) is 13.8 Å². The maximum Gasteiger partial charge on any atom is 0.211 e. The Kier molecular flexibility index (Phi) is 5.96. The number of amides is 1. The van der Waals surface area contributed by atoms with Gasteiger partial charge in [-0.2, -0.15) is 5.26 Å². The smallest absolute Gasteiger partial charge is 0.211 e. The number of hydrogen-bond donors (Lipinski definition) is 2.